The van der Waals surface area contributed by atoms with Crippen LogP contribution in [0.5, 0.6) is 0 Å². The molecule has 1 aromatic rings. The van der Waals surface area contributed by atoms with Crippen LogP contribution < -0.4 is 0 Å². The Morgan fingerprint density at radius 2 is 2.19 bits per heavy atom. The molecule has 2 aliphatic carbocycles. The van der Waals surface area contributed by atoms with Gasteiger partial charge in [0.1, 0.15) is 0 Å². The van der Waals surface area contributed by atoms with E-state index in [9.17, 15) is 0 Å². The highest BCUT2D eigenvalue weighted by Crippen LogP contribution is 2.67. The summed E-state index contributed by atoms with van der Waals surface area (Å²) in [6.07, 6.45) is 3.97. The van der Waals surface area contributed by atoms with Crippen molar-refractivity contribution in [3.8, 4) is 0 Å². The van der Waals surface area contributed by atoms with Gasteiger partial charge in [0.2, 0.25) is 4.77 Å². The van der Waals surface area contributed by atoms with Gasteiger partial charge in [-0.1, -0.05) is 31.1 Å². The van der Waals surface area contributed by atoms with E-state index in [2.05, 4.69) is 36.3 Å². The molecule has 1 N–H and O–H groups in total. The van der Waals surface area contributed by atoms with Crippen molar-refractivity contribution in [3.63, 3.8) is 0 Å². The third kappa shape index (κ3) is 1.12. The molecule has 2 bridgehead atoms. The second-order valence-corrected chi connectivity index (χ2v) is 6.64. The lowest BCUT2D eigenvalue weighted by Crippen LogP contribution is -2.38. The van der Waals surface area contributed by atoms with Crippen LogP contribution in [0.15, 0.2) is 0 Å². The van der Waals surface area contributed by atoms with Crippen LogP contribution in [0.3, 0.4) is 0 Å². The topological polar surface area (TPSA) is 46.5 Å². The van der Waals surface area contributed by atoms with Gasteiger partial charge in [0.05, 0.1) is 6.04 Å². The van der Waals surface area contributed by atoms with Crippen LogP contribution in [0.1, 0.15) is 46.1 Å². The lowest BCUT2D eigenvalue weighted by Gasteiger charge is -2.42. The molecular formula is C11H18N4S. The summed E-state index contributed by atoms with van der Waals surface area (Å²) in [6.45, 7) is 7.10. The van der Waals surface area contributed by atoms with Crippen LogP contribution in [-0.2, 0) is 0 Å². The number of hydrogen-bond donors (Lipinski definition) is 1. The number of H-pyrrole nitrogens is 1. The van der Waals surface area contributed by atoms with Gasteiger partial charge in [0.15, 0.2) is 0 Å². The van der Waals surface area contributed by atoms with Gasteiger partial charge in [-0.25, -0.2) is 4.68 Å². The minimum Gasteiger partial charge on any atom is -0.238 e. The monoisotopic (exact) mass is 238 g/mol. The molecule has 0 aromatic carbocycles. The smallest absolute Gasteiger partial charge is 0.238 e. The minimum absolute atomic E-state index is 0.291. The summed E-state index contributed by atoms with van der Waals surface area (Å²) in [5, 5.41) is 10.7. The SMILES string of the molecule is CC12CCC(C1)C(C)(C)C2n1[nH]nnc1=S. The van der Waals surface area contributed by atoms with Crippen LogP contribution in [0.4, 0.5) is 0 Å². The second kappa shape index (κ2) is 2.94. The molecule has 0 amide bonds. The van der Waals surface area contributed by atoms with E-state index in [-0.39, 0.29) is 0 Å². The molecule has 0 aliphatic heterocycles. The van der Waals surface area contributed by atoms with Crippen molar-refractivity contribution >= 4 is 12.2 Å². The predicted octanol–water partition coefficient (Wildman–Crippen LogP) is 2.72. The molecule has 3 atom stereocenters. The van der Waals surface area contributed by atoms with E-state index >= 15 is 0 Å². The van der Waals surface area contributed by atoms with Crippen molar-refractivity contribution in [1.29, 1.82) is 0 Å². The summed E-state index contributed by atoms with van der Waals surface area (Å²) < 4.78 is 2.60. The number of tetrazole rings is 1. The first-order valence-electron chi connectivity index (χ1n) is 5.95. The van der Waals surface area contributed by atoms with E-state index in [0.29, 0.717) is 21.6 Å². The van der Waals surface area contributed by atoms with Crippen molar-refractivity contribution in [2.75, 3.05) is 0 Å². The van der Waals surface area contributed by atoms with Gasteiger partial charge in [0, 0.05) is 0 Å². The average molecular weight is 238 g/mol. The Morgan fingerprint density at radius 1 is 1.44 bits per heavy atom. The number of hydrogen-bond acceptors (Lipinski definition) is 3. The van der Waals surface area contributed by atoms with Crippen LogP contribution in [-0.4, -0.2) is 20.2 Å². The molecule has 2 fully saturated rings. The van der Waals surface area contributed by atoms with Crippen LogP contribution in [0.2, 0.25) is 0 Å². The normalized spacial score (nSPS) is 40.4. The Balaban J connectivity index is 2.14. The van der Waals surface area contributed by atoms with E-state index in [1.807, 2.05) is 4.68 Å². The number of aromatic nitrogens is 4. The first kappa shape index (κ1) is 10.4. The molecule has 0 saturated heterocycles. The average Bonchev–Trinajstić information content (AvgIpc) is 2.78. The van der Waals surface area contributed by atoms with E-state index in [1.165, 1.54) is 19.3 Å². The van der Waals surface area contributed by atoms with E-state index in [4.69, 9.17) is 12.2 Å². The fourth-order valence-corrected chi connectivity index (χ4v) is 4.48. The Kier molecular flexibility index (Phi) is 1.92. The van der Waals surface area contributed by atoms with E-state index in [0.717, 1.165) is 5.92 Å². The van der Waals surface area contributed by atoms with Gasteiger partial charge in [-0.15, -0.1) is 0 Å². The molecule has 4 nitrogen and oxygen atoms in total. The molecule has 1 aromatic heterocycles. The van der Waals surface area contributed by atoms with E-state index in [1.54, 1.807) is 0 Å². The van der Waals surface area contributed by atoms with Gasteiger partial charge >= 0.3 is 0 Å². The minimum atomic E-state index is 0.291. The molecule has 16 heavy (non-hydrogen) atoms. The van der Waals surface area contributed by atoms with Gasteiger partial charge in [0.25, 0.3) is 0 Å². The fourth-order valence-electron chi connectivity index (χ4n) is 4.29. The number of aromatic amines is 1. The molecule has 0 radical (unpaired) electrons. The standard InChI is InChI=1S/C11H18N4S/c1-10(2)7-4-5-11(3,6-7)8(10)15-9(16)12-13-14-15/h7-8H,4-6H2,1-3H3,(H,12,14,16). The Bertz CT molecular complexity index is 470. The van der Waals surface area contributed by atoms with Crippen LogP contribution in [0, 0.1) is 21.5 Å². The number of nitrogens with one attached hydrogen (secondary N) is 1. The van der Waals surface area contributed by atoms with Gasteiger partial charge in [-0.05, 0) is 48.2 Å². The van der Waals surface area contributed by atoms with Crippen LogP contribution in [0.25, 0.3) is 0 Å². The molecular weight excluding hydrogens is 220 g/mol. The Morgan fingerprint density at radius 3 is 2.69 bits per heavy atom. The van der Waals surface area contributed by atoms with Gasteiger partial charge < -0.3 is 0 Å². The Labute approximate surface area is 100 Å². The molecule has 2 saturated carbocycles. The highest BCUT2D eigenvalue weighted by atomic mass is 32.1. The van der Waals surface area contributed by atoms with Crippen molar-refractivity contribution in [1.82, 2.24) is 20.2 Å². The van der Waals surface area contributed by atoms with E-state index < -0.39 is 0 Å². The third-order valence-corrected chi connectivity index (χ3v) is 5.22. The maximum atomic E-state index is 5.25. The fraction of sp³-hybridized carbons (Fsp3) is 0.909. The zero-order valence-corrected chi connectivity index (χ0v) is 10.8. The molecule has 2 aliphatic rings. The summed E-state index contributed by atoms with van der Waals surface area (Å²) >= 11 is 5.25. The summed E-state index contributed by atoms with van der Waals surface area (Å²) in [4.78, 5) is 0. The summed E-state index contributed by atoms with van der Waals surface area (Å²) in [6, 6.07) is 0.418. The quantitative estimate of drug-likeness (QED) is 0.765. The molecule has 1 heterocycles. The highest BCUT2D eigenvalue weighted by molar-refractivity contribution is 7.71. The van der Waals surface area contributed by atoms with Crippen molar-refractivity contribution < 1.29 is 0 Å². The predicted molar refractivity (Wildman–Crippen MR) is 63.5 cm³/mol. The van der Waals surface area contributed by atoms with Crippen LogP contribution >= 0.6 is 12.2 Å². The zero-order valence-electron chi connectivity index (χ0n) is 10.0. The summed E-state index contributed by atoms with van der Waals surface area (Å²) in [5.74, 6) is 0.813. The lowest BCUT2D eigenvalue weighted by molar-refractivity contribution is 0.0708. The summed E-state index contributed by atoms with van der Waals surface area (Å²) in [5.41, 5.74) is 0.653. The van der Waals surface area contributed by atoms with Crippen molar-refractivity contribution in [2.24, 2.45) is 16.7 Å². The maximum Gasteiger partial charge on any atom is 0.238 e. The molecule has 0 spiro atoms. The first-order valence-corrected chi connectivity index (χ1v) is 6.35. The lowest BCUT2D eigenvalue weighted by atomic mass is 9.68. The summed E-state index contributed by atoms with van der Waals surface area (Å²) in [7, 11) is 0. The second-order valence-electron chi connectivity index (χ2n) is 6.27. The maximum absolute atomic E-state index is 5.25. The Hall–Kier alpha value is -0.710. The van der Waals surface area contributed by atoms with Gasteiger partial charge in [-0.2, -0.15) is 5.21 Å². The largest absolute Gasteiger partial charge is 0.238 e. The third-order valence-electron chi connectivity index (χ3n) is 4.95. The van der Waals surface area contributed by atoms with Gasteiger partial charge in [-0.3, -0.25) is 0 Å². The van der Waals surface area contributed by atoms with Crippen molar-refractivity contribution in [2.45, 2.75) is 46.1 Å². The number of nitrogens with zero attached hydrogens (tertiary/aromatic N) is 3. The van der Waals surface area contributed by atoms with Crippen molar-refractivity contribution in [3.05, 3.63) is 4.77 Å². The molecule has 5 heteroatoms. The number of fused-ring (bicyclic) bond motifs is 2. The zero-order chi connectivity index (χ0) is 11.6. The molecule has 88 valence electrons. The molecule has 3 rings (SSSR count). The highest BCUT2D eigenvalue weighted by Gasteiger charge is 2.60. The first-order chi connectivity index (χ1) is 7.45. The number of rotatable bonds is 1. The molecule has 3 unspecified atom stereocenters.